The molecule has 4 rings (SSSR count). The van der Waals surface area contributed by atoms with Gasteiger partial charge in [-0.05, 0) is 54.6 Å². The van der Waals surface area contributed by atoms with Gasteiger partial charge < -0.3 is 4.74 Å². The molecule has 1 aliphatic heterocycles. The van der Waals surface area contributed by atoms with Crippen molar-refractivity contribution in [1.29, 1.82) is 0 Å². The number of barbiturate groups is 1. The van der Waals surface area contributed by atoms with Gasteiger partial charge in [-0.3, -0.25) is 14.9 Å². The predicted octanol–water partition coefficient (Wildman–Crippen LogP) is 4.97. The molecule has 1 aliphatic rings. The maximum Gasteiger partial charge on any atom is 0.335 e. The number of imide groups is 2. The third-order valence-electron chi connectivity index (χ3n) is 4.80. The minimum absolute atomic E-state index is 0.0786. The van der Waals surface area contributed by atoms with Crippen LogP contribution in [0.15, 0.2) is 76.8 Å². The van der Waals surface area contributed by atoms with E-state index in [0.29, 0.717) is 21.3 Å². The van der Waals surface area contributed by atoms with E-state index in [9.17, 15) is 23.2 Å². The average molecular weight is 513 g/mol. The molecule has 166 valence electrons. The van der Waals surface area contributed by atoms with Crippen molar-refractivity contribution in [1.82, 2.24) is 5.32 Å². The fourth-order valence-electron chi connectivity index (χ4n) is 3.17. The highest BCUT2D eigenvalue weighted by molar-refractivity contribution is 9.10. The number of hydrogen-bond donors (Lipinski definition) is 1. The molecule has 0 spiro atoms. The number of anilines is 1. The number of nitrogens with zero attached hydrogens (tertiary/aromatic N) is 1. The fourth-order valence-corrected chi connectivity index (χ4v) is 3.55. The zero-order valence-electron chi connectivity index (χ0n) is 16.8. The molecule has 1 saturated heterocycles. The largest absolute Gasteiger partial charge is 0.488 e. The second kappa shape index (κ2) is 9.33. The number of carbonyl (C=O) groups excluding carboxylic acids is 3. The van der Waals surface area contributed by atoms with Gasteiger partial charge in [0.1, 0.15) is 29.6 Å². The quantitative estimate of drug-likeness (QED) is 0.386. The lowest BCUT2D eigenvalue weighted by molar-refractivity contribution is -0.122. The highest BCUT2D eigenvalue weighted by atomic mass is 79.9. The first-order chi connectivity index (χ1) is 15.8. The molecule has 0 radical (unpaired) electrons. The summed E-state index contributed by atoms with van der Waals surface area (Å²) in [6.45, 7) is -0.0786. The molecule has 0 unspecified atom stereocenters. The second-order valence-corrected chi connectivity index (χ2v) is 7.91. The number of ether oxygens (including phenoxy) is 1. The Morgan fingerprint density at radius 3 is 2.42 bits per heavy atom. The van der Waals surface area contributed by atoms with E-state index >= 15 is 0 Å². The van der Waals surface area contributed by atoms with Crippen LogP contribution in [-0.2, 0) is 16.2 Å². The monoisotopic (exact) mass is 512 g/mol. The van der Waals surface area contributed by atoms with Gasteiger partial charge in [-0.15, -0.1) is 0 Å². The molecule has 3 aromatic rings. The van der Waals surface area contributed by atoms with Crippen LogP contribution in [0.25, 0.3) is 6.08 Å². The number of halogens is 3. The molecule has 33 heavy (non-hydrogen) atoms. The summed E-state index contributed by atoms with van der Waals surface area (Å²) in [5.74, 6) is -2.44. The van der Waals surface area contributed by atoms with Crippen LogP contribution in [0, 0.1) is 11.6 Å². The Morgan fingerprint density at radius 1 is 0.970 bits per heavy atom. The van der Waals surface area contributed by atoms with Crippen LogP contribution in [0.5, 0.6) is 5.75 Å². The van der Waals surface area contributed by atoms with Crippen molar-refractivity contribution < 1.29 is 27.9 Å². The summed E-state index contributed by atoms with van der Waals surface area (Å²) >= 11 is 3.33. The first kappa shape index (κ1) is 22.3. The van der Waals surface area contributed by atoms with Crippen molar-refractivity contribution in [3.8, 4) is 5.75 Å². The van der Waals surface area contributed by atoms with E-state index in [4.69, 9.17) is 4.74 Å². The third-order valence-corrected chi connectivity index (χ3v) is 5.29. The van der Waals surface area contributed by atoms with Crippen LogP contribution in [0.2, 0.25) is 0 Å². The van der Waals surface area contributed by atoms with Crippen molar-refractivity contribution in [3.05, 3.63) is 99.5 Å². The molecule has 9 heteroatoms. The van der Waals surface area contributed by atoms with Crippen molar-refractivity contribution in [2.24, 2.45) is 0 Å². The summed E-state index contributed by atoms with van der Waals surface area (Å²) in [4.78, 5) is 38.5. The Labute approximate surface area is 195 Å². The summed E-state index contributed by atoms with van der Waals surface area (Å²) in [5.41, 5.74) is 0.460. The molecule has 1 N–H and O–H groups in total. The van der Waals surface area contributed by atoms with Crippen LogP contribution in [0.1, 0.15) is 11.1 Å². The molecule has 0 atom stereocenters. The number of hydrogen-bond acceptors (Lipinski definition) is 4. The molecule has 0 saturated carbocycles. The topological polar surface area (TPSA) is 75.7 Å². The van der Waals surface area contributed by atoms with Crippen molar-refractivity contribution in [3.63, 3.8) is 0 Å². The minimum Gasteiger partial charge on any atom is -0.488 e. The lowest BCUT2D eigenvalue weighted by Gasteiger charge is -2.26. The van der Waals surface area contributed by atoms with Crippen molar-refractivity contribution in [2.75, 3.05) is 4.90 Å². The summed E-state index contributed by atoms with van der Waals surface area (Å²) in [6.07, 6.45) is 1.28. The fraction of sp³-hybridized carbons (Fsp3) is 0.0417. The molecule has 6 nitrogen and oxygen atoms in total. The van der Waals surface area contributed by atoms with Crippen molar-refractivity contribution >= 4 is 45.5 Å². The molecule has 1 heterocycles. The first-order valence-corrected chi connectivity index (χ1v) is 10.5. The van der Waals surface area contributed by atoms with Crippen LogP contribution in [0.4, 0.5) is 19.3 Å². The van der Waals surface area contributed by atoms with E-state index < -0.39 is 29.5 Å². The zero-order chi connectivity index (χ0) is 23.5. The van der Waals surface area contributed by atoms with Gasteiger partial charge in [0, 0.05) is 15.6 Å². The summed E-state index contributed by atoms with van der Waals surface area (Å²) in [7, 11) is 0. The van der Waals surface area contributed by atoms with Gasteiger partial charge in [-0.25, -0.2) is 18.5 Å². The summed E-state index contributed by atoms with van der Waals surface area (Å²) < 4.78 is 33.6. The Balaban J connectivity index is 1.68. The molecule has 0 aromatic heterocycles. The molecule has 3 aromatic carbocycles. The van der Waals surface area contributed by atoms with E-state index in [-0.39, 0.29) is 17.9 Å². The lowest BCUT2D eigenvalue weighted by Crippen LogP contribution is -2.54. The third kappa shape index (κ3) is 4.83. The van der Waals surface area contributed by atoms with Crippen molar-refractivity contribution in [2.45, 2.75) is 6.61 Å². The van der Waals surface area contributed by atoms with Gasteiger partial charge in [0.15, 0.2) is 0 Å². The number of amides is 4. The average Bonchev–Trinajstić information content (AvgIpc) is 2.78. The van der Waals surface area contributed by atoms with E-state index in [0.717, 1.165) is 17.0 Å². The van der Waals surface area contributed by atoms with Crippen LogP contribution in [-0.4, -0.2) is 17.8 Å². The van der Waals surface area contributed by atoms with E-state index in [1.165, 1.54) is 24.3 Å². The SMILES string of the molecule is O=C1NC(=O)N(c2ccc(F)cc2)C(=O)/C1=C/c1cc(Br)ccc1OCc1ccccc1F. The van der Waals surface area contributed by atoms with Crippen LogP contribution < -0.4 is 15.0 Å². The standard InChI is InChI=1S/C24H15BrF2N2O4/c25-16-5-10-21(33-13-14-3-1-2-4-20(14)27)15(11-16)12-19-22(30)28-24(32)29(23(19)31)18-8-6-17(26)7-9-18/h1-12H,13H2,(H,28,30,32)/b19-12+. The normalized spacial score (nSPS) is 15.1. The molecule has 0 aliphatic carbocycles. The van der Waals surface area contributed by atoms with E-state index in [1.54, 1.807) is 36.4 Å². The minimum atomic E-state index is -0.945. The zero-order valence-corrected chi connectivity index (χ0v) is 18.4. The molecule has 0 bridgehead atoms. The Bertz CT molecular complexity index is 1290. The van der Waals surface area contributed by atoms with Gasteiger partial charge in [0.05, 0.1) is 5.69 Å². The van der Waals surface area contributed by atoms with Gasteiger partial charge in [-0.1, -0.05) is 34.1 Å². The lowest BCUT2D eigenvalue weighted by atomic mass is 10.1. The maximum atomic E-state index is 13.9. The van der Waals surface area contributed by atoms with Gasteiger partial charge in [0.25, 0.3) is 11.8 Å². The van der Waals surface area contributed by atoms with E-state index in [1.807, 2.05) is 0 Å². The number of benzene rings is 3. The molecule has 4 amide bonds. The maximum absolute atomic E-state index is 13.9. The van der Waals surface area contributed by atoms with Gasteiger partial charge in [0.2, 0.25) is 0 Å². The molecular weight excluding hydrogens is 498 g/mol. The van der Waals surface area contributed by atoms with Crippen LogP contribution in [0.3, 0.4) is 0 Å². The second-order valence-electron chi connectivity index (χ2n) is 7.00. The predicted molar refractivity (Wildman–Crippen MR) is 120 cm³/mol. The Kier molecular flexibility index (Phi) is 6.32. The highest BCUT2D eigenvalue weighted by Gasteiger charge is 2.37. The molecule has 1 fully saturated rings. The highest BCUT2D eigenvalue weighted by Crippen LogP contribution is 2.29. The smallest absolute Gasteiger partial charge is 0.335 e. The summed E-state index contributed by atoms with van der Waals surface area (Å²) in [6, 6.07) is 14.8. The van der Waals surface area contributed by atoms with Gasteiger partial charge >= 0.3 is 6.03 Å². The van der Waals surface area contributed by atoms with E-state index in [2.05, 4.69) is 21.2 Å². The van der Waals surface area contributed by atoms with Crippen LogP contribution >= 0.6 is 15.9 Å². The first-order valence-electron chi connectivity index (χ1n) is 9.66. The van der Waals surface area contributed by atoms with Gasteiger partial charge in [-0.2, -0.15) is 0 Å². The number of carbonyl (C=O) groups is 3. The summed E-state index contributed by atoms with van der Waals surface area (Å²) in [5, 5.41) is 2.11. The Morgan fingerprint density at radius 2 is 1.70 bits per heavy atom. The number of nitrogens with one attached hydrogen (secondary N) is 1. The number of rotatable bonds is 5. The Hall–Kier alpha value is -3.85. The molecular formula is C24H15BrF2N2O4. The number of urea groups is 1.